The van der Waals surface area contributed by atoms with E-state index in [9.17, 15) is 9.59 Å². The summed E-state index contributed by atoms with van der Waals surface area (Å²) >= 11 is 0. The summed E-state index contributed by atoms with van der Waals surface area (Å²) in [6, 6.07) is -1.32. The molecule has 4 N–H and O–H groups in total. The number of H-pyrrole nitrogens is 1. The number of hydrogen-bond acceptors (Lipinski definition) is 4. The molecule has 0 unspecified atom stereocenters. The van der Waals surface area contributed by atoms with Crippen LogP contribution in [-0.4, -0.2) is 16.2 Å². The molecule has 1 atom stereocenters. The summed E-state index contributed by atoms with van der Waals surface area (Å²) in [4.78, 5) is 20.9. The van der Waals surface area contributed by atoms with Gasteiger partial charge in [-0.05, 0) is 0 Å². The summed E-state index contributed by atoms with van der Waals surface area (Å²) in [5, 5.41) is 10.5. The van der Waals surface area contributed by atoms with E-state index in [1.165, 1.54) is 0 Å². The molecule has 0 aliphatic rings. The smallest absolute Gasteiger partial charge is 0.362 e. The first-order valence-electron chi connectivity index (χ1n) is 2.78. The van der Waals surface area contributed by atoms with Crippen LogP contribution in [0.3, 0.4) is 0 Å². The van der Waals surface area contributed by atoms with Crippen molar-refractivity contribution >= 4 is 5.97 Å². The van der Waals surface area contributed by atoms with Crippen LogP contribution in [0.15, 0.2) is 15.5 Å². The van der Waals surface area contributed by atoms with Crippen LogP contribution in [0.4, 0.5) is 0 Å². The van der Waals surface area contributed by atoms with Gasteiger partial charge >= 0.3 is 11.6 Å². The quantitative estimate of drug-likeness (QED) is 0.514. The highest BCUT2D eigenvalue weighted by Crippen LogP contribution is 2.02. The number of aromatic nitrogens is 1. The van der Waals surface area contributed by atoms with E-state index in [2.05, 4.69) is 9.68 Å². The van der Waals surface area contributed by atoms with Crippen LogP contribution in [0.2, 0.25) is 0 Å². The van der Waals surface area contributed by atoms with Crippen LogP contribution >= 0.6 is 0 Å². The lowest BCUT2D eigenvalue weighted by molar-refractivity contribution is -0.138. The van der Waals surface area contributed by atoms with Gasteiger partial charge in [0.05, 0.1) is 5.56 Å². The highest BCUT2D eigenvalue weighted by atomic mass is 16.5. The number of aliphatic carboxylic acids is 1. The molecule has 0 aliphatic carbocycles. The van der Waals surface area contributed by atoms with Gasteiger partial charge in [-0.2, -0.15) is 0 Å². The number of nitrogens with two attached hydrogens (primary N) is 1. The van der Waals surface area contributed by atoms with E-state index >= 15 is 0 Å². The third kappa shape index (κ3) is 1.30. The van der Waals surface area contributed by atoms with Gasteiger partial charge in [-0.15, -0.1) is 0 Å². The highest BCUT2D eigenvalue weighted by Gasteiger charge is 2.19. The molecule has 0 amide bonds. The normalized spacial score (nSPS) is 12.8. The Morgan fingerprint density at radius 3 is 2.82 bits per heavy atom. The van der Waals surface area contributed by atoms with Crippen molar-refractivity contribution in [3.05, 3.63) is 22.2 Å². The molecule has 0 spiro atoms. The van der Waals surface area contributed by atoms with Gasteiger partial charge in [0.25, 0.3) is 0 Å². The fourth-order valence-electron chi connectivity index (χ4n) is 0.614. The van der Waals surface area contributed by atoms with Crippen molar-refractivity contribution in [2.75, 3.05) is 0 Å². The maximum Gasteiger partial charge on any atom is 0.362 e. The van der Waals surface area contributed by atoms with Gasteiger partial charge in [0.1, 0.15) is 6.04 Å². The first-order chi connectivity index (χ1) is 5.13. The Morgan fingerprint density at radius 1 is 1.82 bits per heavy atom. The SMILES string of the molecule is N[C@H](C(=O)O)c1c[nH]oc1=O. The third-order valence-corrected chi connectivity index (χ3v) is 1.20. The molecule has 0 aliphatic heterocycles. The van der Waals surface area contributed by atoms with Gasteiger partial charge in [-0.1, -0.05) is 0 Å². The van der Waals surface area contributed by atoms with Crippen molar-refractivity contribution in [1.29, 1.82) is 0 Å². The summed E-state index contributed by atoms with van der Waals surface area (Å²) in [7, 11) is 0. The summed E-state index contributed by atoms with van der Waals surface area (Å²) in [5.41, 5.74) is 4.27. The number of carboxylic acid groups (broad SMARTS) is 1. The number of carbonyl (C=O) groups is 1. The van der Waals surface area contributed by atoms with Gasteiger partial charge < -0.3 is 15.4 Å². The first kappa shape index (κ1) is 7.55. The van der Waals surface area contributed by atoms with Crippen molar-refractivity contribution < 1.29 is 14.4 Å². The molecule has 11 heavy (non-hydrogen) atoms. The monoisotopic (exact) mass is 158 g/mol. The minimum absolute atomic E-state index is 0.0856. The van der Waals surface area contributed by atoms with E-state index in [0.29, 0.717) is 0 Å². The zero-order chi connectivity index (χ0) is 8.43. The molecule has 1 aromatic heterocycles. The number of nitrogens with one attached hydrogen (secondary N) is 1. The average Bonchev–Trinajstić information content (AvgIpc) is 2.33. The van der Waals surface area contributed by atoms with E-state index in [4.69, 9.17) is 10.8 Å². The zero-order valence-electron chi connectivity index (χ0n) is 5.40. The standard InChI is InChI=1S/C5H6N2O4/c6-3(4(8)9)2-1-7-11-5(2)10/h1,3,7H,6H2,(H,8,9)/t3-/m0/s1. The minimum Gasteiger partial charge on any atom is -0.480 e. The largest absolute Gasteiger partial charge is 0.480 e. The maximum absolute atomic E-state index is 10.6. The maximum atomic E-state index is 10.6. The number of carboxylic acids is 1. The summed E-state index contributed by atoms with van der Waals surface area (Å²) < 4.78 is 4.21. The molecule has 60 valence electrons. The Bertz CT molecular complexity index is 312. The molecule has 0 fully saturated rings. The van der Waals surface area contributed by atoms with Gasteiger partial charge in [0, 0.05) is 6.20 Å². The van der Waals surface area contributed by atoms with Crippen LogP contribution < -0.4 is 11.4 Å². The zero-order valence-corrected chi connectivity index (χ0v) is 5.40. The molecule has 1 heterocycles. The van der Waals surface area contributed by atoms with E-state index in [1.54, 1.807) is 0 Å². The van der Waals surface area contributed by atoms with E-state index in [0.717, 1.165) is 6.20 Å². The minimum atomic E-state index is -1.32. The van der Waals surface area contributed by atoms with Crippen LogP contribution in [0.5, 0.6) is 0 Å². The predicted octanol–water partition coefficient (Wildman–Crippen LogP) is -0.948. The predicted molar refractivity (Wildman–Crippen MR) is 33.9 cm³/mol. The van der Waals surface area contributed by atoms with Gasteiger partial charge in [0.15, 0.2) is 0 Å². The second kappa shape index (κ2) is 2.59. The lowest BCUT2D eigenvalue weighted by Crippen LogP contribution is -2.24. The number of rotatable bonds is 2. The number of hydrogen-bond donors (Lipinski definition) is 3. The fraction of sp³-hybridized carbons (Fsp3) is 0.200. The molecular weight excluding hydrogens is 152 g/mol. The van der Waals surface area contributed by atoms with E-state index in [-0.39, 0.29) is 5.56 Å². The molecule has 6 nitrogen and oxygen atoms in total. The summed E-state index contributed by atoms with van der Waals surface area (Å²) in [6.07, 6.45) is 1.13. The molecule has 1 rings (SSSR count). The Balaban J connectivity index is 3.02. The Kier molecular flexibility index (Phi) is 1.77. The van der Waals surface area contributed by atoms with Crippen LogP contribution in [-0.2, 0) is 4.79 Å². The first-order valence-corrected chi connectivity index (χ1v) is 2.78. The lowest BCUT2D eigenvalue weighted by atomic mass is 10.2. The van der Waals surface area contributed by atoms with Crippen molar-refractivity contribution in [1.82, 2.24) is 5.16 Å². The molecule has 1 aromatic rings. The lowest BCUT2D eigenvalue weighted by Gasteiger charge is -1.97. The van der Waals surface area contributed by atoms with Crippen LogP contribution in [0.1, 0.15) is 11.6 Å². The van der Waals surface area contributed by atoms with Crippen molar-refractivity contribution in [2.24, 2.45) is 5.73 Å². The fourth-order valence-corrected chi connectivity index (χ4v) is 0.614. The third-order valence-electron chi connectivity index (χ3n) is 1.20. The van der Waals surface area contributed by atoms with Crippen LogP contribution in [0.25, 0.3) is 0 Å². The molecule has 6 heteroatoms. The summed E-state index contributed by atoms with van der Waals surface area (Å²) in [5.74, 6) is -1.27. The molecule has 0 bridgehead atoms. The highest BCUT2D eigenvalue weighted by molar-refractivity contribution is 5.74. The molecule has 0 aromatic carbocycles. The van der Waals surface area contributed by atoms with E-state index < -0.39 is 17.6 Å². The average molecular weight is 158 g/mol. The summed E-state index contributed by atoms with van der Waals surface area (Å²) in [6.45, 7) is 0. The van der Waals surface area contributed by atoms with Crippen LogP contribution in [0, 0.1) is 0 Å². The van der Waals surface area contributed by atoms with Gasteiger partial charge in [0.2, 0.25) is 0 Å². The second-order valence-electron chi connectivity index (χ2n) is 1.92. The van der Waals surface area contributed by atoms with Crippen molar-refractivity contribution in [3.8, 4) is 0 Å². The Hall–Kier alpha value is -1.56. The van der Waals surface area contributed by atoms with Crippen molar-refractivity contribution in [3.63, 3.8) is 0 Å². The van der Waals surface area contributed by atoms with Crippen molar-refractivity contribution in [2.45, 2.75) is 6.04 Å². The van der Waals surface area contributed by atoms with Gasteiger partial charge in [-0.3, -0.25) is 4.79 Å². The molecule has 0 saturated carbocycles. The Labute approximate surface area is 60.6 Å². The molecule has 0 saturated heterocycles. The Morgan fingerprint density at radius 2 is 2.45 bits per heavy atom. The van der Waals surface area contributed by atoms with Gasteiger partial charge in [-0.25, -0.2) is 9.95 Å². The topological polar surface area (TPSA) is 109 Å². The second-order valence-corrected chi connectivity index (χ2v) is 1.92. The van der Waals surface area contributed by atoms with E-state index in [1.807, 2.05) is 0 Å². The molecular formula is C5H6N2O4. The molecule has 0 radical (unpaired) electrons. The number of aromatic amines is 1.